The molecule has 138 valence electrons. The summed E-state index contributed by atoms with van der Waals surface area (Å²) in [6, 6.07) is 1.37. The van der Waals surface area contributed by atoms with E-state index in [1.807, 2.05) is 6.07 Å². The van der Waals surface area contributed by atoms with Crippen LogP contribution in [0.3, 0.4) is 0 Å². The molecule has 3 saturated carbocycles. The molecular weight excluding hydrogens is 323 g/mol. The summed E-state index contributed by atoms with van der Waals surface area (Å²) in [5.41, 5.74) is -0.285. The van der Waals surface area contributed by atoms with E-state index in [-0.39, 0.29) is 31.1 Å². The maximum absolute atomic E-state index is 13.5. The van der Waals surface area contributed by atoms with E-state index >= 15 is 0 Å². The number of hydrogen-bond donors (Lipinski definition) is 0. The first-order valence-electron chi connectivity index (χ1n) is 9.58. The van der Waals surface area contributed by atoms with Gasteiger partial charge in [0.05, 0.1) is 30.4 Å². The van der Waals surface area contributed by atoms with E-state index in [4.69, 9.17) is 14.7 Å². The fraction of sp³-hybridized carbons (Fsp3) is 0.895. The Morgan fingerprint density at radius 2 is 1.92 bits per heavy atom. The summed E-state index contributed by atoms with van der Waals surface area (Å²) in [5.74, 6) is 0.982. The molecule has 6 atom stereocenters. The summed E-state index contributed by atoms with van der Waals surface area (Å²) in [7, 11) is 0. The van der Waals surface area contributed by atoms with E-state index in [1.54, 1.807) is 0 Å². The smallest absolute Gasteiger partial charge is 0.249 e. The minimum Gasteiger partial charge on any atom is -0.375 e. The third kappa shape index (κ3) is 3.68. The van der Waals surface area contributed by atoms with Gasteiger partial charge in [0.1, 0.15) is 18.8 Å². The highest BCUT2D eigenvalue weighted by Crippen LogP contribution is 2.51. The molecule has 1 saturated heterocycles. The molecule has 25 heavy (non-hydrogen) atoms. The highest BCUT2D eigenvalue weighted by molar-refractivity contribution is 5.78. The van der Waals surface area contributed by atoms with Crippen molar-refractivity contribution in [1.82, 2.24) is 4.90 Å². The van der Waals surface area contributed by atoms with Gasteiger partial charge in [0.25, 0.3) is 0 Å². The van der Waals surface area contributed by atoms with Crippen LogP contribution in [-0.4, -0.2) is 54.0 Å². The van der Waals surface area contributed by atoms with E-state index in [9.17, 15) is 9.18 Å². The molecule has 0 radical (unpaired) electrons. The molecule has 3 aliphatic carbocycles. The number of nitriles is 1. The number of likely N-dealkylation sites (tertiary alicyclic amines) is 1. The molecule has 0 aromatic heterocycles. The molecule has 1 heterocycles. The standard InChI is InChI=1S/C19H27FN2O3/c1-19(24-11-18(23)22-10-14(20)6-15(22)9-21)7-12-4-17(5-13(12)8-19)25-16-2-3-16/h12-17H,2-8,10-11H2,1H3/t12-,13+,14-,15-,17?,19?/m0/s1. The van der Waals surface area contributed by atoms with Crippen LogP contribution in [0.5, 0.6) is 0 Å². The number of hydrogen-bond acceptors (Lipinski definition) is 4. The molecule has 2 unspecified atom stereocenters. The van der Waals surface area contributed by atoms with Crippen LogP contribution in [0.2, 0.25) is 0 Å². The number of rotatable bonds is 5. The lowest BCUT2D eigenvalue weighted by Crippen LogP contribution is -2.40. The number of halogens is 1. The summed E-state index contributed by atoms with van der Waals surface area (Å²) in [4.78, 5) is 13.7. The van der Waals surface area contributed by atoms with E-state index < -0.39 is 12.2 Å². The SMILES string of the molecule is CC1(OCC(=O)N2C[C@@H](F)C[C@H]2C#N)C[C@H]2CC(OC3CC3)C[C@H]2C1. The summed E-state index contributed by atoms with van der Waals surface area (Å²) in [6.07, 6.45) is 6.52. The summed E-state index contributed by atoms with van der Waals surface area (Å²) in [5, 5.41) is 9.07. The van der Waals surface area contributed by atoms with Gasteiger partial charge in [0, 0.05) is 6.42 Å². The fourth-order valence-corrected chi connectivity index (χ4v) is 5.06. The molecule has 1 aliphatic heterocycles. The Morgan fingerprint density at radius 3 is 2.52 bits per heavy atom. The number of carbonyl (C=O) groups is 1. The maximum atomic E-state index is 13.5. The Kier molecular flexibility index (Phi) is 4.49. The molecule has 4 rings (SSSR count). The zero-order valence-electron chi connectivity index (χ0n) is 14.8. The Balaban J connectivity index is 1.26. The predicted molar refractivity (Wildman–Crippen MR) is 88.3 cm³/mol. The van der Waals surface area contributed by atoms with Gasteiger partial charge >= 0.3 is 0 Å². The van der Waals surface area contributed by atoms with Crippen molar-refractivity contribution in [2.24, 2.45) is 11.8 Å². The quantitative estimate of drug-likeness (QED) is 0.765. The first-order valence-corrected chi connectivity index (χ1v) is 9.58. The minimum atomic E-state index is -1.10. The first kappa shape index (κ1) is 17.2. The highest BCUT2D eigenvalue weighted by atomic mass is 19.1. The van der Waals surface area contributed by atoms with E-state index in [0.29, 0.717) is 24.0 Å². The largest absolute Gasteiger partial charge is 0.375 e. The second-order valence-electron chi connectivity index (χ2n) is 8.62. The monoisotopic (exact) mass is 350 g/mol. The van der Waals surface area contributed by atoms with Crippen molar-refractivity contribution in [3.05, 3.63) is 0 Å². The molecule has 0 spiro atoms. The van der Waals surface area contributed by atoms with Crippen LogP contribution in [0.15, 0.2) is 0 Å². The van der Waals surface area contributed by atoms with Crippen molar-refractivity contribution in [3.63, 3.8) is 0 Å². The lowest BCUT2D eigenvalue weighted by Gasteiger charge is -2.28. The van der Waals surface area contributed by atoms with Gasteiger partial charge in [-0.05, 0) is 57.3 Å². The van der Waals surface area contributed by atoms with Gasteiger partial charge in [-0.3, -0.25) is 4.79 Å². The maximum Gasteiger partial charge on any atom is 0.249 e. The number of nitrogens with zero attached hydrogens (tertiary/aromatic N) is 2. The van der Waals surface area contributed by atoms with Gasteiger partial charge in [-0.1, -0.05) is 0 Å². The van der Waals surface area contributed by atoms with E-state index in [1.165, 1.54) is 17.7 Å². The molecule has 1 amide bonds. The zero-order chi connectivity index (χ0) is 17.6. The molecule has 0 N–H and O–H groups in total. The Labute approximate surface area is 148 Å². The van der Waals surface area contributed by atoms with Crippen LogP contribution in [0.25, 0.3) is 0 Å². The number of amides is 1. The normalized spacial score (nSPS) is 43.2. The molecule has 0 aromatic rings. The van der Waals surface area contributed by atoms with Crippen LogP contribution in [0, 0.1) is 23.2 Å². The summed E-state index contributed by atoms with van der Waals surface area (Å²) >= 11 is 0. The second-order valence-corrected chi connectivity index (χ2v) is 8.62. The van der Waals surface area contributed by atoms with Crippen molar-refractivity contribution in [2.45, 2.75) is 81.9 Å². The van der Waals surface area contributed by atoms with Crippen LogP contribution in [-0.2, 0) is 14.3 Å². The van der Waals surface area contributed by atoms with E-state index in [0.717, 1.165) is 25.7 Å². The summed E-state index contributed by atoms with van der Waals surface area (Å²) in [6.45, 7) is 2.05. The van der Waals surface area contributed by atoms with Crippen molar-refractivity contribution in [2.75, 3.05) is 13.2 Å². The highest BCUT2D eigenvalue weighted by Gasteiger charge is 2.49. The van der Waals surface area contributed by atoms with Crippen LogP contribution >= 0.6 is 0 Å². The third-order valence-corrected chi connectivity index (χ3v) is 6.36. The van der Waals surface area contributed by atoms with Gasteiger partial charge in [0.2, 0.25) is 5.91 Å². The predicted octanol–water partition coefficient (Wildman–Crippen LogP) is 2.59. The average Bonchev–Trinajstić information content (AvgIpc) is 3.06. The molecule has 4 fully saturated rings. The van der Waals surface area contributed by atoms with Crippen molar-refractivity contribution < 1.29 is 18.7 Å². The fourth-order valence-electron chi connectivity index (χ4n) is 5.06. The Morgan fingerprint density at radius 1 is 1.24 bits per heavy atom. The van der Waals surface area contributed by atoms with E-state index in [2.05, 4.69) is 6.92 Å². The average molecular weight is 350 g/mol. The van der Waals surface area contributed by atoms with Gasteiger partial charge in [-0.2, -0.15) is 5.26 Å². The third-order valence-electron chi connectivity index (χ3n) is 6.36. The van der Waals surface area contributed by atoms with Crippen LogP contribution < -0.4 is 0 Å². The van der Waals surface area contributed by atoms with Crippen LogP contribution in [0.1, 0.15) is 51.9 Å². The Hall–Kier alpha value is -1.19. The first-order chi connectivity index (χ1) is 12.0. The molecule has 5 nitrogen and oxygen atoms in total. The molecule has 0 bridgehead atoms. The topological polar surface area (TPSA) is 62.6 Å². The number of alkyl halides is 1. The Bertz CT molecular complexity index is 560. The molecule has 4 aliphatic rings. The van der Waals surface area contributed by atoms with Gasteiger partial charge in [0.15, 0.2) is 0 Å². The van der Waals surface area contributed by atoms with Crippen molar-refractivity contribution in [3.8, 4) is 6.07 Å². The molecule has 6 heteroatoms. The van der Waals surface area contributed by atoms with Crippen molar-refractivity contribution >= 4 is 5.91 Å². The minimum absolute atomic E-state index is 0.0164. The van der Waals surface area contributed by atoms with Gasteiger partial charge in [-0.15, -0.1) is 0 Å². The molecular formula is C19H27FN2O3. The lowest BCUT2D eigenvalue weighted by molar-refractivity contribution is -0.143. The van der Waals surface area contributed by atoms with Gasteiger partial charge in [-0.25, -0.2) is 4.39 Å². The number of carbonyl (C=O) groups excluding carboxylic acids is 1. The zero-order valence-corrected chi connectivity index (χ0v) is 14.8. The summed E-state index contributed by atoms with van der Waals surface area (Å²) < 4.78 is 25.5. The lowest BCUT2D eigenvalue weighted by atomic mass is 9.99. The van der Waals surface area contributed by atoms with Gasteiger partial charge < -0.3 is 14.4 Å². The number of ether oxygens (including phenoxy) is 2. The number of fused-ring (bicyclic) bond motifs is 1. The second kappa shape index (κ2) is 6.51. The molecule has 0 aromatic carbocycles. The van der Waals surface area contributed by atoms with Crippen LogP contribution in [0.4, 0.5) is 4.39 Å². The van der Waals surface area contributed by atoms with Crippen molar-refractivity contribution in [1.29, 1.82) is 5.26 Å².